The number of anilines is 1. The molecule has 1 amide bonds. The average molecular weight is 423 g/mol. The van der Waals surface area contributed by atoms with Gasteiger partial charge in [-0.05, 0) is 55.7 Å². The number of carbonyl (C=O) groups is 1. The molecular weight excluding hydrogens is 399 g/mol. The van der Waals surface area contributed by atoms with Gasteiger partial charge in [-0.15, -0.1) is 0 Å². The number of hydrogen-bond donors (Lipinski definition) is 1. The molecule has 0 bridgehead atoms. The third-order valence-electron chi connectivity index (χ3n) is 4.55. The van der Waals surface area contributed by atoms with Crippen LogP contribution < -0.4 is 14.8 Å². The highest BCUT2D eigenvalue weighted by Crippen LogP contribution is 2.34. The van der Waals surface area contributed by atoms with Crippen LogP contribution in [0.15, 0.2) is 30.3 Å². The van der Waals surface area contributed by atoms with E-state index in [1.54, 1.807) is 18.2 Å². The number of fused-ring (bicyclic) bond motifs is 1. The van der Waals surface area contributed by atoms with Crippen molar-refractivity contribution in [1.29, 1.82) is 0 Å². The summed E-state index contributed by atoms with van der Waals surface area (Å²) in [5, 5.41) is 3.61. The summed E-state index contributed by atoms with van der Waals surface area (Å²) < 4.78 is 11.4. The quantitative estimate of drug-likeness (QED) is 0.696. The van der Waals surface area contributed by atoms with E-state index < -0.39 is 0 Å². The minimum absolute atomic E-state index is 0.122. The number of halogens is 2. The van der Waals surface area contributed by atoms with Gasteiger partial charge >= 0.3 is 0 Å². The predicted molar refractivity (Wildman–Crippen MR) is 113 cm³/mol. The molecule has 3 rings (SSSR count). The molecule has 0 saturated carbocycles. The Kier molecular flexibility index (Phi) is 7.05. The first kappa shape index (κ1) is 20.8. The predicted octanol–water partition coefficient (Wildman–Crippen LogP) is 4.79. The second kappa shape index (κ2) is 9.50. The maximum absolute atomic E-state index is 12.5. The van der Waals surface area contributed by atoms with Crippen molar-refractivity contribution >= 4 is 34.8 Å². The molecule has 0 radical (unpaired) electrons. The molecule has 1 heterocycles. The van der Waals surface area contributed by atoms with Crippen LogP contribution in [0, 0.1) is 0 Å². The molecule has 0 aliphatic carbocycles. The normalized spacial score (nSPS) is 13.7. The fourth-order valence-corrected chi connectivity index (χ4v) is 3.64. The number of benzene rings is 2. The van der Waals surface area contributed by atoms with E-state index >= 15 is 0 Å². The molecule has 5 nitrogen and oxygen atoms in total. The standard InChI is InChI=1S/C21H24Cl2N2O3/c1-3-27-18-10-14-8-9-25(12-15(14)11-19(18)28-4-2)13-20(26)24-17-7-5-6-16(22)21(17)23/h5-7,10-11H,3-4,8-9,12-13H2,1-2H3,(H,24,26). The summed E-state index contributed by atoms with van der Waals surface area (Å²) in [6, 6.07) is 9.27. The van der Waals surface area contributed by atoms with Gasteiger partial charge in [0.05, 0.1) is 35.5 Å². The van der Waals surface area contributed by atoms with Gasteiger partial charge in [-0.2, -0.15) is 0 Å². The van der Waals surface area contributed by atoms with Crippen molar-refractivity contribution in [2.24, 2.45) is 0 Å². The fraction of sp³-hybridized carbons (Fsp3) is 0.381. The Morgan fingerprint density at radius 3 is 2.46 bits per heavy atom. The van der Waals surface area contributed by atoms with E-state index in [-0.39, 0.29) is 12.5 Å². The molecule has 0 fully saturated rings. The van der Waals surface area contributed by atoms with Crippen molar-refractivity contribution in [2.45, 2.75) is 26.8 Å². The van der Waals surface area contributed by atoms with Crippen LogP contribution in [0.2, 0.25) is 10.0 Å². The van der Waals surface area contributed by atoms with Crippen molar-refractivity contribution in [2.75, 3.05) is 31.6 Å². The highest BCUT2D eigenvalue weighted by Gasteiger charge is 2.21. The number of carbonyl (C=O) groups excluding carboxylic acids is 1. The third kappa shape index (κ3) is 4.90. The summed E-state index contributed by atoms with van der Waals surface area (Å²) in [7, 11) is 0. The Bertz CT molecular complexity index is 858. The lowest BCUT2D eigenvalue weighted by molar-refractivity contribution is -0.117. The van der Waals surface area contributed by atoms with Crippen LogP contribution in [0.5, 0.6) is 11.5 Å². The largest absolute Gasteiger partial charge is 0.490 e. The summed E-state index contributed by atoms with van der Waals surface area (Å²) in [4.78, 5) is 14.6. The molecule has 2 aromatic carbocycles. The minimum Gasteiger partial charge on any atom is -0.490 e. The first-order valence-corrected chi connectivity index (χ1v) is 10.1. The van der Waals surface area contributed by atoms with Crippen LogP contribution in [-0.4, -0.2) is 37.1 Å². The van der Waals surface area contributed by atoms with Gasteiger partial charge < -0.3 is 14.8 Å². The second-order valence-electron chi connectivity index (χ2n) is 6.54. The zero-order valence-corrected chi connectivity index (χ0v) is 17.6. The Hall–Kier alpha value is -1.95. The van der Waals surface area contributed by atoms with Gasteiger partial charge in [0, 0.05) is 13.1 Å². The van der Waals surface area contributed by atoms with Gasteiger partial charge in [-0.25, -0.2) is 0 Å². The molecule has 0 spiro atoms. The van der Waals surface area contributed by atoms with Crippen LogP contribution in [-0.2, 0) is 17.8 Å². The molecular formula is C21H24Cl2N2O3. The Labute approximate surface area is 175 Å². The SMILES string of the molecule is CCOc1cc2c(cc1OCC)CN(CC(=O)Nc1cccc(Cl)c1Cl)CC2. The van der Waals surface area contributed by atoms with Gasteiger partial charge in [0.25, 0.3) is 0 Å². The fourth-order valence-electron chi connectivity index (χ4n) is 3.29. The Morgan fingerprint density at radius 2 is 1.79 bits per heavy atom. The molecule has 2 aromatic rings. The van der Waals surface area contributed by atoms with E-state index in [2.05, 4.69) is 16.3 Å². The third-order valence-corrected chi connectivity index (χ3v) is 5.37. The number of hydrogen-bond acceptors (Lipinski definition) is 4. The molecule has 1 aliphatic heterocycles. The van der Waals surface area contributed by atoms with Crippen molar-refractivity contribution < 1.29 is 14.3 Å². The van der Waals surface area contributed by atoms with Crippen LogP contribution in [0.3, 0.4) is 0 Å². The van der Waals surface area contributed by atoms with E-state index in [1.165, 1.54) is 5.56 Å². The molecule has 0 unspecified atom stereocenters. The summed E-state index contributed by atoms with van der Waals surface area (Å²) in [5.74, 6) is 1.41. The molecule has 1 aliphatic rings. The van der Waals surface area contributed by atoms with E-state index in [4.69, 9.17) is 32.7 Å². The summed E-state index contributed by atoms with van der Waals surface area (Å²) >= 11 is 12.2. The highest BCUT2D eigenvalue weighted by molar-refractivity contribution is 6.44. The van der Waals surface area contributed by atoms with E-state index in [0.717, 1.165) is 30.0 Å². The number of ether oxygens (including phenoxy) is 2. The maximum Gasteiger partial charge on any atom is 0.238 e. The van der Waals surface area contributed by atoms with Gasteiger partial charge in [-0.1, -0.05) is 29.3 Å². The lowest BCUT2D eigenvalue weighted by atomic mass is 9.98. The van der Waals surface area contributed by atoms with Gasteiger partial charge in [0.2, 0.25) is 5.91 Å². The lowest BCUT2D eigenvalue weighted by Gasteiger charge is -2.29. The van der Waals surface area contributed by atoms with Crippen LogP contribution >= 0.6 is 23.2 Å². The summed E-state index contributed by atoms with van der Waals surface area (Å²) in [5.41, 5.74) is 2.92. The van der Waals surface area contributed by atoms with E-state index in [1.807, 2.05) is 19.9 Å². The first-order valence-electron chi connectivity index (χ1n) is 9.39. The average Bonchev–Trinajstić information content (AvgIpc) is 2.66. The smallest absolute Gasteiger partial charge is 0.238 e. The molecule has 0 atom stereocenters. The number of nitrogens with zero attached hydrogens (tertiary/aromatic N) is 1. The van der Waals surface area contributed by atoms with Crippen molar-refractivity contribution in [3.63, 3.8) is 0 Å². The molecule has 0 saturated heterocycles. The van der Waals surface area contributed by atoms with Crippen molar-refractivity contribution in [3.05, 3.63) is 51.5 Å². The maximum atomic E-state index is 12.5. The van der Waals surface area contributed by atoms with Crippen LogP contribution in [0.1, 0.15) is 25.0 Å². The Morgan fingerprint density at radius 1 is 1.11 bits per heavy atom. The van der Waals surface area contributed by atoms with Gasteiger partial charge in [0.15, 0.2) is 11.5 Å². The minimum atomic E-state index is -0.122. The van der Waals surface area contributed by atoms with Gasteiger partial charge in [-0.3, -0.25) is 9.69 Å². The van der Waals surface area contributed by atoms with Crippen LogP contribution in [0.4, 0.5) is 5.69 Å². The number of amides is 1. The molecule has 28 heavy (non-hydrogen) atoms. The molecule has 0 aromatic heterocycles. The van der Waals surface area contributed by atoms with Crippen molar-refractivity contribution in [3.8, 4) is 11.5 Å². The topological polar surface area (TPSA) is 50.8 Å². The molecule has 7 heteroatoms. The second-order valence-corrected chi connectivity index (χ2v) is 7.33. The lowest BCUT2D eigenvalue weighted by Crippen LogP contribution is -2.37. The molecule has 1 N–H and O–H groups in total. The zero-order valence-electron chi connectivity index (χ0n) is 16.1. The number of nitrogens with one attached hydrogen (secondary N) is 1. The summed E-state index contributed by atoms with van der Waals surface area (Å²) in [6.45, 7) is 6.83. The summed E-state index contributed by atoms with van der Waals surface area (Å²) in [6.07, 6.45) is 0.854. The monoisotopic (exact) mass is 422 g/mol. The number of rotatable bonds is 7. The van der Waals surface area contributed by atoms with Crippen molar-refractivity contribution in [1.82, 2.24) is 4.90 Å². The van der Waals surface area contributed by atoms with E-state index in [9.17, 15) is 4.79 Å². The van der Waals surface area contributed by atoms with Gasteiger partial charge in [0.1, 0.15) is 0 Å². The van der Waals surface area contributed by atoms with E-state index in [0.29, 0.717) is 35.5 Å². The van der Waals surface area contributed by atoms with Crippen LogP contribution in [0.25, 0.3) is 0 Å². The molecule has 150 valence electrons. The Balaban J connectivity index is 1.68. The zero-order chi connectivity index (χ0) is 20.1. The first-order chi connectivity index (χ1) is 13.5. The highest BCUT2D eigenvalue weighted by atomic mass is 35.5.